The van der Waals surface area contributed by atoms with E-state index in [1.807, 2.05) is 0 Å². The van der Waals surface area contributed by atoms with Crippen molar-refractivity contribution in [2.24, 2.45) is 0 Å². The molecule has 1 heterocycles. The number of H-pyrrole nitrogens is 1. The normalized spacial score (nSPS) is 11.8. The minimum Gasteiger partial charge on any atom is -0.280 e. The first-order chi connectivity index (χ1) is 7.89. The number of nitrogens with one attached hydrogen (secondary N) is 1. The molecule has 0 saturated carbocycles. The third-order valence-corrected chi connectivity index (χ3v) is 3.52. The van der Waals surface area contributed by atoms with Crippen molar-refractivity contribution in [1.82, 2.24) is 10.2 Å². The van der Waals surface area contributed by atoms with Gasteiger partial charge < -0.3 is 0 Å². The molecule has 1 aromatic heterocycles. The first-order valence-electron chi connectivity index (χ1n) is 5.71. The van der Waals surface area contributed by atoms with E-state index in [-0.39, 0.29) is 5.41 Å². The smallest absolute Gasteiger partial charge is 0.107 e. The molecule has 2 nitrogen and oxygen atoms in total. The summed E-state index contributed by atoms with van der Waals surface area (Å²) in [6.07, 6.45) is 0. The fourth-order valence-corrected chi connectivity index (χ4v) is 2.81. The fourth-order valence-electron chi connectivity index (χ4n) is 1.81. The molecule has 3 heteroatoms. The van der Waals surface area contributed by atoms with Gasteiger partial charge in [-0.3, -0.25) is 5.10 Å². The number of aryl methyl sites for hydroxylation is 1. The predicted octanol–water partition coefficient (Wildman–Crippen LogP) is 4.45. The minimum absolute atomic E-state index is 0.0634. The SMILES string of the molecule is Cc1cccc(-c2n[nH]c(C(C)(C)C)c2Br)c1. The molecule has 90 valence electrons. The van der Waals surface area contributed by atoms with Gasteiger partial charge in [0.25, 0.3) is 0 Å². The van der Waals surface area contributed by atoms with Gasteiger partial charge in [0.2, 0.25) is 0 Å². The summed E-state index contributed by atoms with van der Waals surface area (Å²) in [5.41, 5.74) is 4.57. The summed E-state index contributed by atoms with van der Waals surface area (Å²) in [6, 6.07) is 8.38. The molecule has 0 aliphatic carbocycles. The van der Waals surface area contributed by atoms with E-state index in [0.717, 1.165) is 21.4 Å². The summed E-state index contributed by atoms with van der Waals surface area (Å²) in [4.78, 5) is 0. The number of halogens is 1. The molecule has 0 unspecified atom stereocenters. The summed E-state index contributed by atoms with van der Waals surface area (Å²) in [7, 11) is 0. The lowest BCUT2D eigenvalue weighted by atomic mass is 9.92. The van der Waals surface area contributed by atoms with E-state index in [0.29, 0.717) is 0 Å². The predicted molar refractivity (Wildman–Crippen MR) is 75.2 cm³/mol. The quantitative estimate of drug-likeness (QED) is 0.827. The number of hydrogen-bond donors (Lipinski definition) is 1. The average Bonchev–Trinajstić information content (AvgIpc) is 2.59. The van der Waals surface area contributed by atoms with Gasteiger partial charge in [-0.2, -0.15) is 5.10 Å². The van der Waals surface area contributed by atoms with Crippen LogP contribution < -0.4 is 0 Å². The Bertz CT molecular complexity index is 535. The zero-order chi connectivity index (χ0) is 12.6. The summed E-state index contributed by atoms with van der Waals surface area (Å²) >= 11 is 3.65. The maximum absolute atomic E-state index is 4.42. The van der Waals surface area contributed by atoms with Gasteiger partial charge in [0, 0.05) is 11.0 Å². The highest BCUT2D eigenvalue weighted by molar-refractivity contribution is 9.10. The van der Waals surface area contributed by atoms with Gasteiger partial charge in [0.1, 0.15) is 5.69 Å². The molecule has 2 aromatic rings. The Morgan fingerprint density at radius 3 is 2.47 bits per heavy atom. The Kier molecular flexibility index (Phi) is 3.13. The Balaban J connectivity index is 2.52. The Morgan fingerprint density at radius 1 is 1.24 bits per heavy atom. The summed E-state index contributed by atoms with van der Waals surface area (Å²) in [5, 5.41) is 7.56. The highest BCUT2D eigenvalue weighted by Gasteiger charge is 2.22. The molecule has 0 fully saturated rings. The third kappa shape index (κ3) is 2.44. The van der Waals surface area contributed by atoms with E-state index in [9.17, 15) is 0 Å². The number of aromatic amines is 1. The van der Waals surface area contributed by atoms with Crippen LogP contribution in [0.1, 0.15) is 32.0 Å². The second-order valence-corrected chi connectivity index (χ2v) is 6.17. The van der Waals surface area contributed by atoms with Crippen LogP contribution in [0.5, 0.6) is 0 Å². The minimum atomic E-state index is 0.0634. The summed E-state index contributed by atoms with van der Waals surface area (Å²) < 4.78 is 1.07. The maximum atomic E-state index is 4.42. The summed E-state index contributed by atoms with van der Waals surface area (Å²) in [5.74, 6) is 0. The van der Waals surface area contributed by atoms with Crippen LogP contribution in [0, 0.1) is 6.92 Å². The Labute approximate surface area is 111 Å². The molecule has 0 radical (unpaired) electrons. The highest BCUT2D eigenvalue weighted by Crippen LogP contribution is 2.35. The lowest BCUT2D eigenvalue weighted by molar-refractivity contribution is 0.564. The first kappa shape index (κ1) is 12.4. The molecular weight excluding hydrogens is 276 g/mol. The number of aromatic nitrogens is 2. The zero-order valence-corrected chi connectivity index (χ0v) is 12.2. The molecule has 0 aliphatic heterocycles. The molecule has 0 bridgehead atoms. The highest BCUT2D eigenvalue weighted by atomic mass is 79.9. The van der Waals surface area contributed by atoms with E-state index in [1.165, 1.54) is 5.56 Å². The van der Waals surface area contributed by atoms with Crippen LogP contribution in [0.25, 0.3) is 11.3 Å². The van der Waals surface area contributed by atoms with Gasteiger partial charge in [0.15, 0.2) is 0 Å². The van der Waals surface area contributed by atoms with Gasteiger partial charge >= 0.3 is 0 Å². The topological polar surface area (TPSA) is 28.7 Å². The first-order valence-corrected chi connectivity index (χ1v) is 6.50. The van der Waals surface area contributed by atoms with Crippen LogP contribution in [-0.2, 0) is 5.41 Å². The second-order valence-electron chi connectivity index (χ2n) is 5.38. The van der Waals surface area contributed by atoms with Crippen molar-refractivity contribution in [1.29, 1.82) is 0 Å². The molecule has 0 aliphatic rings. The van der Waals surface area contributed by atoms with Crippen molar-refractivity contribution in [3.63, 3.8) is 0 Å². The molecule has 1 N–H and O–H groups in total. The maximum Gasteiger partial charge on any atom is 0.107 e. The second kappa shape index (κ2) is 4.30. The van der Waals surface area contributed by atoms with Crippen molar-refractivity contribution >= 4 is 15.9 Å². The van der Waals surface area contributed by atoms with E-state index < -0.39 is 0 Å². The fraction of sp³-hybridized carbons (Fsp3) is 0.357. The standard InChI is InChI=1S/C14H17BrN2/c1-9-6-5-7-10(8-9)12-11(15)13(17-16-12)14(2,3)4/h5-8H,1-4H3,(H,16,17). The van der Waals surface area contributed by atoms with Crippen molar-refractivity contribution in [2.45, 2.75) is 33.1 Å². The van der Waals surface area contributed by atoms with E-state index in [4.69, 9.17) is 0 Å². The average molecular weight is 293 g/mol. The number of rotatable bonds is 1. The van der Waals surface area contributed by atoms with E-state index in [2.05, 4.69) is 78.1 Å². The van der Waals surface area contributed by atoms with Crippen molar-refractivity contribution < 1.29 is 0 Å². The monoisotopic (exact) mass is 292 g/mol. The van der Waals surface area contributed by atoms with Crippen molar-refractivity contribution in [3.05, 3.63) is 40.0 Å². The van der Waals surface area contributed by atoms with Gasteiger partial charge in [-0.15, -0.1) is 0 Å². The number of nitrogens with zero attached hydrogens (tertiary/aromatic N) is 1. The molecule has 0 atom stereocenters. The van der Waals surface area contributed by atoms with Crippen LogP contribution >= 0.6 is 15.9 Å². The Morgan fingerprint density at radius 2 is 1.94 bits per heavy atom. The molecule has 1 aromatic carbocycles. The molecule has 0 amide bonds. The van der Waals surface area contributed by atoms with Crippen LogP contribution in [0.2, 0.25) is 0 Å². The van der Waals surface area contributed by atoms with Crippen molar-refractivity contribution in [3.8, 4) is 11.3 Å². The van der Waals surface area contributed by atoms with Gasteiger partial charge in [-0.25, -0.2) is 0 Å². The molecular formula is C14H17BrN2. The lowest BCUT2D eigenvalue weighted by Gasteiger charge is -2.16. The van der Waals surface area contributed by atoms with Crippen LogP contribution in [0.3, 0.4) is 0 Å². The zero-order valence-electron chi connectivity index (χ0n) is 10.6. The molecule has 2 rings (SSSR count). The largest absolute Gasteiger partial charge is 0.280 e. The number of benzene rings is 1. The van der Waals surface area contributed by atoms with E-state index >= 15 is 0 Å². The lowest BCUT2D eigenvalue weighted by Crippen LogP contribution is -2.12. The van der Waals surface area contributed by atoms with Gasteiger partial charge in [-0.1, -0.05) is 44.5 Å². The third-order valence-electron chi connectivity index (χ3n) is 2.75. The summed E-state index contributed by atoms with van der Waals surface area (Å²) in [6.45, 7) is 8.61. The molecule has 0 saturated heterocycles. The molecule has 17 heavy (non-hydrogen) atoms. The van der Waals surface area contributed by atoms with Gasteiger partial charge in [-0.05, 0) is 28.9 Å². The molecule has 0 spiro atoms. The van der Waals surface area contributed by atoms with E-state index in [1.54, 1.807) is 0 Å². The van der Waals surface area contributed by atoms with Crippen LogP contribution in [0.15, 0.2) is 28.7 Å². The van der Waals surface area contributed by atoms with Crippen LogP contribution in [-0.4, -0.2) is 10.2 Å². The number of hydrogen-bond acceptors (Lipinski definition) is 1. The van der Waals surface area contributed by atoms with Crippen LogP contribution in [0.4, 0.5) is 0 Å². The Hall–Kier alpha value is -1.09. The van der Waals surface area contributed by atoms with Crippen molar-refractivity contribution in [2.75, 3.05) is 0 Å². The van der Waals surface area contributed by atoms with Gasteiger partial charge in [0.05, 0.1) is 10.2 Å².